The molecule has 0 radical (unpaired) electrons. The monoisotopic (exact) mass is 313 g/mol. The molecule has 0 heterocycles. The van der Waals surface area contributed by atoms with Crippen molar-refractivity contribution < 1.29 is 9.18 Å². The number of benzene rings is 1. The van der Waals surface area contributed by atoms with Crippen molar-refractivity contribution in [1.82, 2.24) is 0 Å². The van der Waals surface area contributed by atoms with Gasteiger partial charge in [-0.25, -0.2) is 4.39 Å². The maximum atomic E-state index is 13.0. The van der Waals surface area contributed by atoms with Gasteiger partial charge in [0, 0.05) is 22.4 Å². The molecule has 0 aromatic heterocycles. The van der Waals surface area contributed by atoms with Crippen LogP contribution in [0.2, 0.25) is 0 Å². The molecule has 2 rings (SSSR count). The second kappa shape index (κ2) is 5.10. The second-order valence-corrected chi connectivity index (χ2v) is 6.11. The Hall–Kier alpha value is -0.740. The average molecular weight is 314 g/mol. The van der Waals surface area contributed by atoms with Crippen LogP contribution in [0.3, 0.4) is 0 Å². The molecule has 1 aliphatic carbocycles. The lowest BCUT2D eigenvalue weighted by Gasteiger charge is -2.27. The summed E-state index contributed by atoms with van der Waals surface area (Å²) >= 11 is 3.29. The fourth-order valence-electron chi connectivity index (χ4n) is 2.58. The van der Waals surface area contributed by atoms with Crippen LogP contribution in [0.5, 0.6) is 0 Å². The van der Waals surface area contributed by atoms with Crippen LogP contribution in [0.1, 0.15) is 31.7 Å². The van der Waals surface area contributed by atoms with Crippen molar-refractivity contribution in [2.24, 2.45) is 11.1 Å². The summed E-state index contributed by atoms with van der Waals surface area (Å²) in [6.07, 6.45) is 3.08. The van der Waals surface area contributed by atoms with Crippen molar-refractivity contribution in [2.45, 2.75) is 38.6 Å². The average Bonchev–Trinajstić information content (AvgIpc) is 2.64. The Bertz CT molecular complexity index is 477. The first-order chi connectivity index (χ1) is 8.43. The van der Waals surface area contributed by atoms with E-state index in [0.717, 1.165) is 24.8 Å². The van der Waals surface area contributed by atoms with E-state index in [9.17, 15) is 9.18 Å². The van der Waals surface area contributed by atoms with Gasteiger partial charge in [0.1, 0.15) is 11.6 Å². The number of rotatable bonds is 3. The third kappa shape index (κ3) is 2.50. The van der Waals surface area contributed by atoms with Crippen molar-refractivity contribution in [3.8, 4) is 0 Å². The van der Waals surface area contributed by atoms with E-state index in [-0.39, 0.29) is 17.6 Å². The molecule has 0 saturated heterocycles. The topological polar surface area (TPSA) is 43.1 Å². The molecule has 1 fully saturated rings. The zero-order valence-electron chi connectivity index (χ0n) is 10.4. The fraction of sp³-hybridized carbons (Fsp3) is 0.500. The van der Waals surface area contributed by atoms with Crippen LogP contribution in [0, 0.1) is 11.2 Å². The zero-order chi connectivity index (χ0) is 13.3. The van der Waals surface area contributed by atoms with Crippen LogP contribution < -0.4 is 5.73 Å². The van der Waals surface area contributed by atoms with E-state index >= 15 is 0 Å². The van der Waals surface area contributed by atoms with Crippen LogP contribution >= 0.6 is 15.9 Å². The van der Waals surface area contributed by atoms with E-state index in [1.165, 1.54) is 12.1 Å². The summed E-state index contributed by atoms with van der Waals surface area (Å²) < 4.78 is 13.6. The number of carbonyl (C=O) groups excluding carboxylic acids is 1. The molecule has 0 bridgehead atoms. The third-order valence-corrected chi connectivity index (χ3v) is 4.77. The Balaban J connectivity index is 2.16. The minimum absolute atomic E-state index is 0.0516. The fourth-order valence-corrected chi connectivity index (χ4v) is 3.07. The highest BCUT2D eigenvalue weighted by Gasteiger charge is 2.42. The van der Waals surface area contributed by atoms with Gasteiger partial charge >= 0.3 is 0 Å². The summed E-state index contributed by atoms with van der Waals surface area (Å²) in [4.78, 5) is 12.4. The van der Waals surface area contributed by atoms with E-state index in [0.29, 0.717) is 10.9 Å². The van der Waals surface area contributed by atoms with Crippen LogP contribution in [0.25, 0.3) is 0 Å². The summed E-state index contributed by atoms with van der Waals surface area (Å²) in [5, 5.41) is 0. The molecule has 0 amide bonds. The van der Waals surface area contributed by atoms with Gasteiger partial charge in [-0.15, -0.1) is 0 Å². The molecule has 0 aliphatic heterocycles. The van der Waals surface area contributed by atoms with Crippen LogP contribution in [0.15, 0.2) is 22.7 Å². The summed E-state index contributed by atoms with van der Waals surface area (Å²) in [5.41, 5.74) is 6.44. The van der Waals surface area contributed by atoms with E-state index in [1.807, 2.05) is 6.92 Å². The molecule has 1 aliphatic rings. The molecule has 0 spiro atoms. The first-order valence-electron chi connectivity index (χ1n) is 6.16. The summed E-state index contributed by atoms with van der Waals surface area (Å²) in [6, 6.07) is 4.37. The summed E-state index contributed by atoms with van der Waals surface area (Å²) in [5.74, 6) is -0.151. The van der Waals surface area contributed by atoms with E-state index in [4.69, 9.17) is 5.73 Å². The van der Waals surface area contributed by atoms with Gasteiger partial charge in [0.15, 0.2) is 0 Å². The molecular formula is C14H17BrFNO. The second-order valence-electron chi connectivity index (χ2n) is 5.25. The van der Waals surface area contributed by atoms with Gasteiger partial charge in [-0.3, -0.25) is 4.79 Å². The van der Waals surface area contributed by atoms with Crippen LogP contribution in [0.4, 0.5) is 4.39 Å². The van der Waals surface area contributed by atoms with E-state index in [2.05, 4.69) is 15.9 Å². The lowest BCUT2D eigenvalue weighted by molar-refractivity contribution is -0.127. The Morgan fingerprint density at radius 3 is 2.89 bits per heavy atom. The van der Waals surface area contributed by atoms with Gasteiger partial charge in [-0.1, -0.05) is 35.3 Å². The molecule has 1 aromatic rings. The minimum atomic E-state index is -0.423. The lowest BCUT2D eigenvalue weighted by atomic mass is 9.78. The predicted octanol–water partition coefficient (Wildman–Crippen LogP) is 3.22. The molecule has 1 aromatic carbocycles. The van der Waals surface area contributed by atoms with Gasteiger partial charge in [-0.2, -0.15) is 0 Å². The normalized spacial score (nSPS) is 27.4. The van der Waals surface area contributed by atoms with Gasteiger partial charge < -0.3 is 5.73 Å². The number of Topliss-reactive ketones (excluding diaryl/α,β-unsaturated/α-hetero) is 1. The van der Waals surface area contributed by atoms with Gasteiger partial charge in [0.05, 0.1) is 0 Å². The molecule has 4 heteroatoms. The summed E-state index contributed by atoms with van der Waals surface area (Å²) in [7, 11) is 0. The lowest BCUT2D eigenvalue weighted by Crippen LogP contribution is -2.41. The molecule has 2 unspecified atom stereocenters. The Kier molecular flexibility index (Phi) is 3.87. The van der Waals surface area contributed by atoms with Crippen molar-refractivity contribution in [2.75, 3.05) is 0 Å². The maximum Gasteiger partial charge on any atom is 0.144 e. The highest BCUT2D eigenvalue weighted by atomic mass is 79.9. The highest BCUT2D eigenvalue weighted by molar-refractivity contribution is 9.10. The zero-order valence-corrected chi connectivity index (χ0v) is 12.0. The predicted molar refractivity (Wildman–Crippen MR) is 72.7 cm³/mol. The van der Waals surface area contributed by atoms with Crippen molar-refractivity contribution in [3.63, 3.8) is 0 Å². The molecule has 2 N–H and O–H groups in total. The quantitative estimate of drug-likeness (QED) is 0.931. The number of hydrogen-bond acceptors (Lipinski definition) is 2. The van der Waals surface area contributed by atoms with Crippen LogP contribution in [-0.4, -0.2) is 11.8 Å². The Morgan fingerprint density at radius 1 is 1.61 bits per heavy atom. The minimum Gasteiger partial charge on any atom is -0.327 e. The van der Waals surface area contributed by atoms with Gasteiger partial charge in [0.25, 0.3) is 0 Å². The molecule has 2 nitrogen and oxygen atoms in total. The molecule has 18 heavy (non-hydrogen) atoms. The first-order valence-corrected chi connectivity index (χ1v) is 6.95. The summed E-state index contributed by atoms with van der Waals surface area (Å²) in [6.45, 7) is 1.95. The first kappa shape index (κ1) is 13.7. The van der Waals surface area contributed by atoms with Crippen LogP contribution in [-0.2, 0) is 11.2 Å². The number of hydrogen-bond donors (Lipinski definition) is 1. The van der Waals surface area contributed by atoms with E-state index in [1.54, 1.807) is 6.07 Å². The molecule has 98 valence electrons. The van der Waals surface area contributed by atoms with E-state index < -0.39 is 5.41 Å². The Labute approximate surface area is 115 Å². The number of ketones is 1. The number of nitrogens with two attached hydrogens (primary N) is 1. The largest absolute Gasteiger partial charge is 0.327 e. The van der Waals surface area contributed by atoms with Gasteiger partial charge in [0.2, 0.25) is 0 Å². The van der Waals surface area contributed by atoms with Gasteiger partial charge in [-0.05, 0) is 30.5 Å². The molecule has 1 saturated carbocycles. The van der Waals surface area contributed by atoms with Crippen molar-refractivity contribution in [3.05, 3.63) is 34.1 Å². The van der Waals surface area contributed by atoms with Crippen molar-refractivity contribution in [1.29, 1.82) is 0 Å². The Morgan fingerprint density at radius 2 is 2.33 bits per heavy atom. The highest BCUT2D eigenvalue weighted by Crippen LogP contribution is 2.38. The molecular weight excluding hydrogens is 297 g/mol. The smallest absolute Gasteiger partial charge is 0.144 e. The standard InChI is InChI=1S/C14H17BrFNO/c1-14(6-2-3-12(14)17)13(18)7-9-4-5-10(16)8-11(9)15/h4-5,8,12H,2-3,6-7,17H2,1H3. The number of halogens is 2. The van der Waals surface area contributed by atoms with Crippen molar-refractivity contribution >= 4 is 21.7 Å². The molecule has 2 atom stereocenters. The third-order valence-electron chi connectivity index (χ3n) is 4.03. The maximum absolute atomic E-state index is 13.0. The number of carbonyl (C=O) groups is 1. The SMILES string of the molecule is CC1(C(=O)Cc2ccc(F)cc2Br)CCCC1N.